The zero-order valence-electron chi connectivity index (χ0n) is 19.4. The smallest absolute Gasteiger partial charge is 0.228 e. The largest absolute Gasteiger partial charge is 0.347 e. The summed E-state index contributed by atoms with van der Waals surface area (Å²) in [6, 6.07) is 31.5. The lowest BCUT2D eigenvalue weighted by atomic mass is 10.4. The van der Waals surface area contributed by atoms with Crippen LogP contribution >= 0.6 is 19.0 Å². The Labute approximate surface area is 206 Å². The van der Waals surface area contributed by atoms with Crippen LogP contribution in [0.15, 0.2) is 97.3 Å². The van der Waals surface area contributed by atoms with Crippen molar-refractivity contribution >= 4 is 46.0 Å². The van der Waals surface area contributed by atoms with E-state index in [1.165, 1.54) is 34.0 Å². The van der Waals surface area contributed by atoms with Gasteiger partial charge in [0.05, 0.1) is 0 Å². The van der Waals surface area contributed by atoms with Crippen molar-refractivity contribution in [3.8, 4) is 0 Å². The molecule has 0 saturated heterocycles. The molecule has 5 nitrogen and oxygen atoms in total. The summed E-state index contributed by atoms with van der Waals surface area (Å²) >= 11 is 1.37. The predicted octanol–water partition coefficient (Wildman–Crippen LogP) is 3.73. The van der Waals surface area contributed by atoms with E-state index in [1.54, 1.807) is 0 Å². The minimum absolute atomic E-state index is 0.187. The summed E-state index contributed by atoms with van der Waals surface area (Å²) in [4.78, 5) is 28.2. The van der Waals surface area contributed by atoms with Crippen molar-refractivity contribution in [1.82, 2.24) is 15.0 Å². The molecular formula is C27H28N4OPS+. The molecule has 0 spiro atoms. The third-order valence-electron chi connectivity index (χ3n) is 5.55. The van der Waals surface area contributed by atoms with Crippen molar-refractivity contribution in [2.75, 3.05) is 30.9 Å². The van der Waals surface area contributed by atoms with Gasteiger partial charge in [0.25, 0.3) is 0 Å². The summed E-state index contributed by atoms with van der Waals surface area (Å²) in [6.45, 7) is 0. The normalized spacial score (nSPS) is 11.2. The van der Waals surface area contributed by atoms with Gasteiger partial charge in [-0.15, -0.1) is 0 Å². The SMILES string of the molecule is CN(C)c1ncnc(CCSC(=O)C[P+](c2ccccc2)(c2ccccc2)c2ccccc2)n1. The average molecular weight is 488 g/mol. The number of hydrogen-bond acceptors (Lipinski definition) is 6. The minimum Gasteiger partial charge on any atom is -0.347 e. The highest BCUT2D eigenvalue weighted by Gasteiger charge is 2.47. The topological polar surface area (TPSA) is 59.0 Å². The summed E-state index contributed by atoms with van der Waals surface area (Å²) in [5.74, 6) is 1.96. The Kier molecular flexibility index (Phi) is 8.04. The molecule has 0 saturated carbocycles. The van der Waals surface area contributed by atoms with Gasteiger partial charge in [0.1, 0.15) is 41.5 Å². The van der Waals surface area contributed by atoms with Crippen LogP contribution in [-0.4, -0.2) is 46.1 Å². The molecule has 4 rings (SSSR count). The molecule has 0 aliphatic rings. The van der Waals surface area contributed by atoms with Gasteiger partial charge in [-0.2, -0.15) is 4.98 Å². The Morgan fingerprint density at radius 3 is 1.76 bits per heavy atom. The molecule has 172 valence electrons. The lowest BCUT2D eigenvalue weighted by molar-refractivity contribution is -0.108. The van der Waals surface area contributed by atoms with E-state index in [1.807, 2.05) is 37.2 Å². The third-order valence-corrected chi connectivity index (χ3v) is 10.9. The maximum Gasteiger partial charge on any atom is 0.228 e. The van der Waals surface area contributed by atoms with Gasteiger partial charge >= 0.3 is 0 Å². The maximum absolute atomic E-state index is 13.5. The van der Waals surface area contributed by atoms with E-state index >= 15 is 0 Å². The molecule has 4 aromatic rings. The highest BCUT2D eigenvalue weighted by atomic mass is 32.2. The lowest BCUT2D eigenvalue weighted by Crippen LogP contribution is -2.35. The second-order valence-electron chi connectivity index (χ2n) is 8.04. The van der Waals surface area contributed by atoms with Crippen LogP contribution in [0.4, 0.5) is 5.95 Å². The van der Waals surface area contributed by atoms with E-state index in [0.717, 1.165) is 0 Å². The Hall–Kier alpha value is -3.08. The number of rotatable bonds is 9. The number of anilines is 1. The molecule has 0 radical (unpaired) electrons. The fourth-order valence-corrected chi connectivity index (χ4v) is 9.25. The monoisotopic (exact) mass is 487 g/mol. The number of hydrogen-bond donors (Lipinski definition) is 0. The lowest BCUT2D eigenvalue weighted by Gasteiger charge is -2.26. The van der Waals surface area contributed by atoms with E-state index in [-0.39, 0.29) is 5.12 Å². The zero-order chi connectivity index (χ0) is 23.8. The van der Waals surface area contributed by atoms with E-state index in [9.17, 15) is 4.79 Å². The van der Waals surface area contributed by atoms with Crippen molar-refractivity contribution in [2.24, 2.45) is 0 Å². The second-order valence-corrected chi connectivity index (χ2v) is 12.7. The Morgan fingerprint density at radius 2 is 1.29 bits per heavy atom. The number of aryl methyl sites for hydroxylation is 1. The molecule has 0 aliphatic carbocycles. The number of carbonyl (C=O) groups excluding carboxylic acids is 1. The molecule has 7 heteroatoms. The van der Waals surface area contributed by atoms with E-state index in [2.05, 4.69) is 87.7 Å². The van der Waals surface area contributed by atoms with Gasteiger partial charge in [0, 0.05) is 26.3 Å². The number of carbonyl (C=O) groups is 1. The van der Waals surface area contributed by atoms with E-state index in [0.29, 0.717) is 30.1 Å². The molecule has 1 aromatic heterocycles. The standard InChI is InChI=1S/C27H28N4OPS/c1-31(2)27-29-21-28-25(30-27)18-19-34-26(32)20-33(22-12-6-3-7-13-22,23-14-8-4-9-15-23)24-16-10-5-11-17-24/h3-17,21H,18-20H2,1-2H3/q+1. The predicted molar refractivity (Wildman–Crippen MR) is 145 cm³/mol. The maximum atomic E-state index is 13.5. The van der Waals surface area contributed by atoms with Crippen LogP contribution in [0.5, 0.6) is 0 Å². The summed E-state index contributed by atoms with van der Waals surface area (Å²) in [6.07, 6.45) is 2.62. The van der Waals surface area contributed by atoms with E-state index < -0.39 is 7.26 Å². The highest BCUT2D eigenvalue weighted by molar-refractivity contribution is 8.15. The number of nitrogens with zero attached hydrogens (tertiary/aromatic N) is 4. The first kappa shape index (κ1) is 24.1. The molecule has 3 aromatic carbocycles. The van der Waals surface area contributed by atoms with Crippen molar-refractivity contribution < 1.29 is 4.79 Å². The average Bonchev–Trinajstić information content (AvgIpc) is 2.89. The van der Waals surface area contributed by atoms with Gasteiger partial charge in [-0.05, 0) is 36.4 Å². The fourth-order valence-electron chi connectivity index (χ4n) is 3.92. The Morgan fingerprint density at radius 1 is 0.794 bits per heavy atom. The first-order chi connectivity index (χ1) is 16.6. The molecule has 34 heavy (non-hydrogen) atoms. The molecule has 1 heterocycles. The Bertz CT molecular complexity index is 1110. The third kappa shape index (κ3) is 5.52. The molecule has 0 N–H and O–H groups in total. The summed E-state index contributed by atoms with van der Waals surface area (Å²) < 4.78 is 0. The molecular weight excluding hydrogens is 459 g/mol. The molecule has 0 unspecified atom stereocenters. The summed E-state index contributed by atoms with van der Waals surface area (Å²) in [5, 5.41) is 3.84. The van der Waals surface area contributed by atoms with Crippen LogP contribution in [-0.2, 0) is 11.2 Å². The van der Waals surface area contributed by atoms with Gasteiger partial charge in [-0.3, -0.25) is 4.79 Å². The zero-order valence-corrected chi connectivity index (χ0v) is 21.1. The number of aromatic nitrogens is 3. The minimum atomic E-state index is -2.16. The van der Waals surface area contributed by atoms with Gasteiger partial charge < -0.3 is 4.90 Å². The van der Waals surface area contributed by atoms with Crippen LogP contribution in [0.25, 0.3) is 0 Å². The van der Waals surface area contributed by atoms with Gasteiger partial charge in [0.2, 0.25) is 11.1 Å². The quantitative estimate of drug-likeness (QED) is 0.335. The number of benzene rings is 3. The summed E-state index contributed by atoms with van der Waals surface area (Å²) in [7, 11) is 1.64. The molecule has 0 atom stereocenters. The fraction of sp³-hybridized carbons (Fsp3) is 0.185. The van der Waals surface area contributed by atoms with E-state index in [4.69, 9.17) is 0 Å². The van der Waals surface area contributed by atoms with Crippen LogP contribution in [0.2, 0.25) is 0 Å². The van der Waals surface area contributed by atoms with Crippen LogP contribution in [0.3, 0.4) is 0 Å². The highest BCUT2D eigenvalue weighted by Crippen LogP contribution is 2.55. The first-order valence-electron chi connectivity index (χ1n) is 11.2. The first-order valence-corrected chi connectivity index (χ1v) is 14.1. The van der Waals surface area contributed by atoms with Crippen molar-refractivity contribution in [2.45, 2.75) is 6.42 Å². The Balaban J connectivity index is 1.61. The van der Waals surface area contributed by atoms with Crippen molar-refractivity contribution in [1.29, 1.82) is 0 Å². The number of thioether (sulfide) groups is 1. The molecule has 0 fully saturated rings. The van der Waals surface area contributed by atoms with Gasteiger partial charge in [0.15, 0.2) is 0 Å². The van der Waals surface area contributed by atoms with Crippen LogP contribution in [0, 0.1) is 0 Å². The second kappa shape index (κ2) is 11.4. The van der Waals surface area contributed by atoms with Crippen molar-refractivity contribution in [3.63, 3.8) is 0 Å². The van der Waals surface area contributed by atoms with Crippen LogP contribution in [0.1, 0.15) is 5.82 Å². The summed E-state index contributed by atoms with van der Waals surface area (Å²) in [5.41, 5.74) is 0. The molecule has 0 amide bonds. The van der Waals surface area contributed by atoms with Crippen molar-refractivity contribution in [3.05, 3.63) is 103 Å². The molecule has 0 bridgehead atoms. The molecule has 0 aliphatic heterocycles. The van der Waals surface area contributed by atoms with Gasteiger partial charge in [-0.1, -0.05) is 66.4 Å². The van der Waals surface area contributed by atoms with Gasteiger partial charge in [-0.25, -0.2) is 9.97 Å². The van der Waals surface area contributed by atoms with Crippen LogP contribution < -0.4 is 20.8 Å².